The second-order valence-electron chi connectivity index (χ2n) is 6.70. The Morgan fingerprint density at radius 2 is 1.96 bits per heavy atom. The molecule has 0 aromatic carbocycles. The number of carbonyl (C=O) groups is 2. The number of carboxylic acids is 1. The van der Waals surface area contributed by atoms with Crippen molar-refractivity contribution in [1.29, 1.82) is 0 Å². The Morgan fingerprint density at radius 1 is 1.30 bits per heavy atom. The Labute approximate surface area is 134 Å². The fraction of sp³-hybridized carbons (Fsp3) is 0.571. The van der Waals surface area contributed by atoms with Gasteiger partial charge in [-0.15, -0.1) is 0 Å². The van der Waals surface area contributed by atoms with Crippen molar-refractivity contribution in [2.24, 2.45) is 10.6 Å². The van der Waals surface area contributed by atoms with Crippen LogP contribution in [-0.4, -0.2) is 30.9 Å². The van der Waals surface area contributed by atoms with E-state index in [1.165, 1.54) is 0 Å². The van der Waals surface area contributed by atoms with E-state index in [9.17, 15) is 23.1 Å². The number of nitrogens with one attached hydrogen (secondary N) is 1. The maximum Gasteiger partial charge on any atom is 0.329 e. The molecule has 0 radical (unpaired) electrons. The molecule has 1 saturated carbocycles. The highest BCUT2D eigenvalue weighted by Gasteiger charge is 2.47. The lowest BCUT2D eigenvalue weighted by Crippen LogP contribution is -2.58. The molecule has 1 atom stereocenters. The molecule has 0 unspecified atom stereocenters. The summed E-state index contributed by atoms with van der Waals surface area (Å²) >= 11 is 0. The SMILES string of the molecule is CC1(C)CCC[C@](NC(=O)c2ccc(S(N)(=O)=O)o2)(C(=O)O)C1. The molecular weight excluding hydrogens is 324 g/mol. The second kappa shape index (κ2) is 5.64. The number of sulfonamides is 1. The summed E-state index contributed by atoms with van der Waals surface area (Å²) in [6.07, 6.45) is 2.12. The summed E-state index contributed by atoms with van der Waals surface area (Å²) in [7, 11) is -4.06. The maximum atomic E-state index is 12.3. The number of hydrogen-bond donors (Lipinski definition) is 3. The Morgan fingerprint density at radius 3 is 2.43 bits per heavy atom. The van der Waals surface area contributed by atoms with E-state index in [0.29, 0.717) is 12.8 Å². The Balaban J connectivity index is 2.25. The monoisotopic (exact) mass is 344 g/mol. The van der Waals surface area contributed by atoms with Crippen molar-refractivity contribution in [2.45, 2.75) is 50.2 Å². The number of primary sulfonamides is 1. The zero-order chi connectivity index (χ0) is 17.5. The number of aliphatic carboxylic acids is 1. The number of carbonyl (C=O) groups excluding carboxylic acids is 1. The number of rotatable bonds is 4. The van der Waals surface area contributed by atoms with Gasteiger partial charge >= 0.3 is 5.97 Å². The number of carboxylic acid groups (broad SMARTS) is 1. The average Bonchev–Trinajstić information content (AvgIpc) is 2.86. The van der Waals surface area contributed by atoms with Crippen LogP contribution in [-0.2, 0) is 14.8 Å². The van der Waals surface area contributed by atoms with E-state index in [4.69, 9.17) is 9.56 Å². The van der Waals surface area contributed by atoms with Gasteiger partial charge in [0.1, 0.15) is 5.54 Å². The molecule has 1 fully saturated rings. The van der Waals surface area contributed by atoms with E-state index in [2.05, 4.69) is 5.32 Å². The molecule has 1 amide bonds. The van der Waals surface area contributed by atoms with Gasteiger partial charge in [0.2, 0.25) is 5.09 Å². The predicted octanol–water partition coefficient (Wildman–Crippen LogP) is 1.08. The van der Waals surface area contributed by atoms with Gasteiger partial charge in [-0.1, -0.05) is 13.8 Å². The quantitative estimate of drug-likeness (QED) is 0.746. The number of nitrogens with two attached hydrogens (primary N) is 1. The summed E-state index contributed by atoms with van der Waals surface area (Å²) < 4.78 is 27.3. The molecule has 128 valence electrons. The van der Waals surface area contributed by atoms with Gasteiger partial charge in [-0.05, 0) is 43.2 Å². The third kappa shape index (κ3) is 3.73. The van der Waals surface area contributed by atoms with E-state index >= 15 is 0 Å². The smallest absolute Gasteiger partial charge is 0.329 e. The fourth-order valence-corrected chi connectivity index (χ4v) is 3.54. The third-order valence-electron chi connectivity index (χ3n) is 4.09. The summed E-state index contributed by atoms with van der Waals surface area (Å²) in [5.74, 6) is -2.19. The molecule has 1 aliphatic rings. The van der Waals surface area contributed by atoms with Crippen LogP contribution in [0.2, 0.25) is 0 Å². The molecule has 9 heteroatoms. The van der Waals surface area contributed by atoms with E-state index in [-0.39, 0.29) is 17.6 Å². The molecule has 1 aromatic rings. The van der Waals surface area contributed by atoms with Crippen LogP contribution in [0.3, 0.4) is 0 Å². The molecule has 23 heavy (non-hydrogen) atoms. The van der Waals surface area contributed by atoms with Crippen molar-refractivity contribution in [2.75, 3.05) is 0 Å². The number of furan rings is 1. The van der Waals surface area contributed by atoms with Crippen LogP contribution in [0.5, 0.6) is 0 Å². The van der Waals surface area contributed by atoms with E-state index in [1.807, 2.05) is 13.8 Å². The molecule has 1 heterocycles. The highest BCUT2D eigenvalue weighted by molar-refractivity contribution is 7.89. The van der Waals surface area contributed by atoms with Crippen LogP contribution < -0.4 is 10.5 Å². The molecule has 0 aliphatic heterocycles. The molecule has 1 aliphatic carbocycles. The summed E-state index contributed by atoms with van der Waals surface area (Å²) in [6.45, 7) is 3.89. The van der Waals surface area contributed by atoms with Crippen LogP contribution in [0.25, 0.3) is 0 Å². The minimum Gasteiger partial charge on any atom is -0.480 e. The Hall–Kier alpha value is -1.87. The van der Waals surface area contributed by atoms with E-state index in [1.54, 1.807) is 0 Å². The normalized spacial score (nSPS) is 24.1. The maximum absolute atomic E-state index is 12.3. The van der Waals surface area contributed by atoms with Crippen molar-refractivity contribution >= 4 is 21.9 Å². The van der Waals surface area contributed by atoms with Crippen LogP contribution in [0.4, 0.5) is 0 Å². The van der Waals surface area contributed by atoms with Crippen molar-refractivity contribution in [3.8, 4) is 0 Å². The van der Waals surface area contributed by atoms with Gasteiger partial charge in [0.15, 0.2) is 5.76 Å². The molecule has 2 rings (SSSR count). The third-order valence-corrected chi connectivity index (χ3v) is 4.87. The second-order valence-corrected chi connectivity index (χ2v) is 8.19. The van der Waals surface area contributed by atoms with Gasteiger partial charge in [-0.25, -0.2) is 18.4 Å². The summed E-state index contributed by atoms with van der Waals surface area (Å²) in [5.41, 5.74) is -1.62. The highest BCUT2D eigenvalue weighted by Crippen LogP contribution is 2.41. The van der Waals surface area contributed by atoms with Crippen molar-refractivity contribution in [1.82, 2.24) is 5.32 Å². The average molecular weight is 344 g/mol. The van der Waals surface area contributed by atoms with E-state index < -0.39 is 32.5 Å². The lowest BCUT2D eigenvalue weighted by Gasteiger charge is -2.42. The standard InChI is InChI=1S/C14H20N2O6S/c1-13(2)6-3-7-14(8-13,12(18)19)16-11(17)9-4-5-10(22-9)23(15,20)21/h4-5H,3,6-8H2,1-2H3,(H,16,17)(H,18,19)(H2,15,20,21)/t14-/m1/s1. The molecule has 8 nitrogen and oxygen atoms in total. The first-order chi connectivity index (χ1) is 10.5. The number of amides is 1. The first kappa shape index (κ1) is 17.5. The van der Waals surface area contributed by atoms with Gasteiger partial charge in [-0.3, -0.25) is 4.79 Å². The van der Waals surface area contributed by atoms with Gasteiger partial charge in [0.05, 0.1) is 0 Å². The first-order valence-corrected chi connectivity index (χ1v) is 8.68. The van der Waals surface area contributed by atoms with Gasteiger partial charge in [0, 0.05) is 0 Å². The van der Waals surface area contributed by atoms with Crippen molar-refractivity contribution in [3.05, 3.63) is 17.9 Å². The lowest BCUT2D eigenvalue weighted by atomic mass is 9.68. The van der Waals surface area contributed by atoms with Gasteiger partial charge in [0.25, 0.3) is 15.9 Å². The van der Waals surface area contributed by atoms with E-state index in [0.717, 1.165) is 18.6 Å². The summed E-state index contributed by atoms with van der Waals surface area (Å²) in [5, 5.41) is 16.5. The zero-order valence-electron chi connectivity index (χ0n) is 13.0. The Bertz CT molecular complexity index is 736. The minimum atomic E-state index is -4.06. The van der Waals surface area contributed by atoms with Crippen LogP contribution in [0.1, 0.15) is 50.1 Å². The predicted molar refractivity (Wildman–Crippen MR) is 80.2 cm³/mol. The molecule has 4 N–H and O–H groups in total. The van der Waals surface area contributed by atoms with Gasteiger partial charge < -0.3 is 14.8 Å². The van der Waals surface area contributed by atoms with Crippen molar-refractivity contribution in [3.63, 3.8) is 0 Å². The molecule has 0 bridgehead atoms. The molecule has 0 spiro atoms. The Kier molecular flexibility index (Phi) is 4.29. The number of hydrogen-bond acceptors (Lipinski definition) is 5. The molecule has 1 aromatic heterocycles. The topological polar surface area (TPSA) is 140 Å². The zero-order valence-corrected chi connectivity index (χ0v) is 13.8. The van der Waals surface area contributed by atoms with Gasteiger partial charge in [-0.2, -0.15) is 0 Å². The fourth-order valence-electron chi connectivity index (χ4n) is 3.08. The molecular formula is C14H20N2O6S. The van der Waals surface area contributed by atoms with Crippen molar-refractivity contribution < 1.29 is 27.5 Å². The minimum absolute atomic E-state index is 0.223. The largest absolute Gasteiger partial charge is 0.480 e. The van der Waals surface area contributed by atoms with Crippen LogP contribution in [0.15, 0.2) is 21.6 Å². The summed E-state index contributed by atoms with van der Waals surface area (Å²) in [6, 6.07) is 2.21. The summed E-state index contributed by atoms with van der Waals surface area (Å²) in [4.78, 5) is 24.0. The first-order valence-electron chi connectivity index (χ1n) is 7.14. The lowest BCUT2D eigenvalue weighted by molar-refractivity contribution is -0.147. The highest BCUT2D eigenvalue weighted by atomic mass is 32.2. The van der Waals surface area contributed by atoms with Crippen LogP contribution >= 0.6 is 0 Å². The molecule has 0 saturated heterocycles. The van der Waals surface area contributed by atoms with Crippen LogP contribution in [0, 0.1) is 5.41 Å².